The second-order valence-corrected chi connectivity index (χ2v) is 8.51. The maximum absolute atomic E-state index is 12.4. The summed E-state index contributed by atoms with van der Waals surface area (Å²) < 4.78 is 17.9. The molecule has 6 aliphatic rings. The Morgan fingerprint density at radius 1 is 1.25 bits per heavy atom. The number of rotatable bonds is 1. The molecule has 3 aliphatic carbocycles. The van der Waals surface area contributed by atoms with Crippen LogP contribution in [0.1, 0.15) is 46.0 Å². The fourth-order valence-corrected chi connectivity index (χ4v) is 6.75. The van der Waals surface area contributed by atoms with E-state index in [1.807, 2.05) is 6.08 Å². The zero-order valence-corrected chi connectivity index (χ0v) is 14.3. The molecule has 3 aliphatic heterocycles. The molecule has 0 aromatic rings. The van der Waals surface area contributed by atoms with Gasteiger partial charge in [-0.3, -0.25) is 9.59 Å². The first-order valence-electron chi connectivity index (χ1n) is 9.11. The molecule has 6 rings (SSSR count). The van der Waals surface area contributed by atoms with Gasteiger partial charge < -0.3 is 14.2 Å². The van der Waals surface area contributed by atoms with Crippen molar-refractivity contribution in [1.82, 2.24) is 0 Å². The predicted molar refractivity (Wildman–Crippen MR) is 83.9 cm³/mol. The minimum atomic E-state index is -0.437. The highest BCUT2D eigenvalue weighted by Gasteiger charge is 2.71. The van der Waals surface area contributed by atoms with Crippen LogP contribution in [0.4, 0.5) is 0 Å². The lowest BCUT2D eigenvalue weighted by atomic mass is 9.48. The van der Waals surface area contributed by atoms with Crippen molar-refractivity contribution in [3.8, 4) is 0 Å². The van der Waals surface area contributed by atoms with Crippen LogP contribution in [0, 0.1) is 22.7 Å². The lowest BCUT2D eigenvalue weighted by Crippen LogP contribution is -2.53. The summed E-state index contributed by atoms with van der Waals surface area (Å²) in [6.45, 7) is 5.07. The van der Waals surface area contributed by atoms with Crippen LogP contribution in [0.5, 0.6) is 0 Å². The van der Waals surface area contributed by atoms with Crippen molar-refractivity contribution in [2.75, 3.05) is 13.2 Å². The molecule has 5 nitrogen and oxygen atoms in total. The van der Waals surface area contributed by atoms with Gasteiger partial charge in [-0.25, -0.2) is 0 Å². The zero-order valence-electron chi connectivity index (χ0n) is 14.3. The average Bonchev–Trinajstić information content (AvgIpc) is 3.06. The molecule has 24 heavy (non-hydrogen) atoms. The Morgan fingerprint density at radius 3 is 2.71 bits per heavy atom. The van der Waals surface area contributed by atoms with Crippen molar-refractivity contribution < 1.29 is 23.8 Å². The molecule has 130 valence electrons. The molecule has 2 saturated heterocycles. The van der Waals surface area contributed by atoms with Crippen molar-refractivity contribution in [2.24, 2.45) is 22.7 Å². The van der Waals surface area contributed by atoms with Gasteiger partial charge in [-0.05, 0) is 37.7 Å². The summed E-state index contributed by atoms with van der Waals surface area (Å²) in [6, 6.07) is 0. The predicted octanol–water partition coefficient (Wildman–Crippen LogP) is 2.39. The fourth-order valence-electron chi connectivity index (χ4n) is 6.75. The van der Waals surface area contributed by atoms with E-state index < -0.39 is 11.2 Å². The third-order valence-electron chi connectivity index (χ3n) is 7.74. The summed E-state index contributed by atoms with van der Waals surface area (Å²) >= 11 is 0. The Morgan fingerprint density at radius 2 is 2.00 bits per heavy atom. The Hall–Kier alpha value is -1.20. The van der Waals surface area contributed by atoms with Gasteiger partial charge in [-0.15, -0.1) is 0 Å². The molecular formula is C19H24O5. The van der Waals surface area contributed by atoms with Crippen LogP contribution in [0.15, 0.2) is 11.6 Å². The van der Waals surface area contributed by atoms with E-state index in [1.165, 1.54) is 0 Å². The SMILES string of the molecule is CC(=O)C1=C[C@H]2OC(=O)C[C@]1(C)[C@@]13CCC4(OCCO4)C(CC21)C3. The standard InChI is InChI=1S/C19H24O5/c1-11(20)13-8-15-14-7-12-9-18(14,17(13,2)10-16(21)24-15)3-4-19(12)22-5-6-23-19/h8,12,14-15H,3-7,9-10H2,1-2H3/t12?,14?,15-,17+,18-/m1/s1. The lowest BCUT2D eigenvalue weighted by molar-refractivity contribution is -0.220. The van der Waals surface area contributed by atoms with Crippen LogP contribution in [-0.4, -0.2) is 36.9 Å². The van der Waals surface area contributed by atoms with E-state index in [9.17, 15) is 9.59 Å². The van der Waals surface area contributed by atoms with E-state index in [2.05, 4.69) is 6.92 Å². The minimum Gasteiger partial charge on any atom is -0.458 e. The van der Waals surface area contributed by atoms with Crippen LogP contribution in [-0.2, 0) is 23.8 Å². The molecule has 0 aromatic heterocycles. The van der Waals surface area contributed by atoms with Crippen LogP contribution in [0.3, 0.4) is 0 Å². The first-order valence-corrected chi connectivity index (χ1v) is 9.11. The Bertz CT molecular complexity index is 661. The van der Waals surface area contributed by atoms with E-state index in [4.69, 9.17) is 14.2 Å². The molecule has 0 N–H and O–H groups in total. The molecule has 2 spiro atoms. The third-order valence-corrected chi connectivity index (χ3v) is 7.74. The van der Waals surface area contributed by atoms with Gasteiger partial charge >= 0.3 is 5.97 Å². The number of fused-ring (bicyclic) bond motifs is 4. The highest BCUT2D eigenvalue weighted by atomic mass is 16.7. The third kappa shape index (κ3) is 1.58. The number of ketones is 1. The molecule has 5 heteroatoms. The number of allylic oxidation sites excluding steroid dienone is 1. The second kappa shape index (κ2) is 4.50. The monoisotopic (exact) mass is 332 g/mol. The summed E-state index contributed by atoms with van der Waals surface area (Å²) in [5.41, 5.74) is 0.326. The molecular weight excluding hydrogens is 308 g/mol. The van der Waals surface area contributed by atoms with Gasteiger partial charge in [0, 0.05) is 29.2 Å². The molecule has 5 atom stereocenters. The van der Waals surface area contributed by atoms with Gasteiger partial charge in [-0.1, -0.05) is 6.92 Å². The summed E-state index contributed by atoms with van der Waals surface area (Å²) in [7, 11) is 0. The number of hydrogen-bond acceptors (Lipinski definition) is 5. The van der Waals surface area contributed by atoms with Crippen LogP contribution >= 0.6 is 0 Å². The van der Waals surface area contributed by atoms with Crippen LogP contribution in [0.25, 0.3) is 0 Å². The van der Waals surface area contributed by atoms with E-state index in [1.54, 1.807) is 6.92 Å². The van der Waals surface area contributed by atoms with E-state index in [-0.39, 0.29) is 29.2 Å². The van der Waals surface area contributed by atoms with E-state index >= 15 is 0 Å². The molecule has 2 unspecified atom stereocenters. The fraction of sp³-hybridized carbons (Fsp3) is 0.789. The first-order chi connectivity index (χ1) is 11.4. The zero-order chi connectivity index (χ0) is 16.7. The maximum atomic E-state index is 12.4. The number of hydrogen-bond donors (Lipinski definition) is 0. The van der Waals surface area contributed by atoms with Gasteiger partial charge in [0.15, 0.2) is 11.6 Å². The molecule has 4 bridgehead atoms. The molecule has 3 heterocycles. The van der Waals surface area contributed by atoms with Gasteiger partial charge in [-0.2, -0.15) is 0 Å². The number of carbonyl (C=O) groups is 2. The summed E-state index contributed by atoms with van der Waals surface area (Å²) in [6.07, 6.45) is 5.70. The molecule has 0 amide bonds. The van der Waals surface area contributed by atoms with Gasteiger partial charge in [0.2, 0.25) is 0 Å². The quantitative estimate of drug-likeness (QED) is 0.690. The molecule has 4 fully saturated rings. The van der Waals surface area contributed by atoms with Crippen LogP contribution in [0.2, 0.25) is 0 Å². The minimum absolute atomic E-state index is 0.0508. The smallest absolute Gasteiger partial charge is 0.307 e. The Kier molecular flexibility index (Phi) is 2.83. The highest BCUT2D eigenvalue weighted by Crippen LogP contribution is 2.72. The van der Waals surface area contributed by atoms with E-state index in [0.717, 1.165) is 31.3 Å². The summed E-state index contributed by atoms with van der Waals surface area (Å²) in [5.74, 6) is 0.0780. The van der Waals surface area contributed by atoms with Crippen molar-refractivity contribution >= 4 is 11.8 Å². The normalized spacial score (nSPS) is 48.0. The Labute approximate surface area is 141 Å². The molecule has 0 aromatic carbocycles. The summed E-state index contributed by atoms with van der Waals surface area (Å²) in [4.78, 5) is 24.7. The Balaban J connectivity index is 1.64. The lowest BCUT2D eigenvalue weighted by Gasteiger charge is -2.55. The van der Waals surface area contributed by atoms with Crippen molar-refractivity contribution in [3.05, 3.63) is 11.6 Å². The highest BCUT2D eigenvalue weighted by molar-refractivity contribution is 5.96. The van der Waals surface area contributed by atoms with Gasteiger partial charge in [0.1, 0.15) is 6.10 Å². The van der Waals surface area contributed by atoms with E-state index in [0.29, 0.717) is 25.6 Å². The van der Waals surface area contributed by atoms with Gasteiger partial charge in [0.05, 0.1) is 19.6 Å². The topological polar surface area (TPSA) is 61.8 Å². The van der Waals surface area contributed by atoms with Crippen molar-refractivity contribution in [2.45, 2.75) is 57.8 Å². The van der Waals surface area contributed by atoms with Crippen molar-refractivity contribution in [1.29, 1.82) is 0 Å². The van der Waals surface area contributed by atoms with Crippen molar-refractivity contribution in [3.63, 3.8) is 0 Å². The molecule has 2 saturated carbocycles. The maximum Gasteiger partial charge on any atom is 0.307 e. The van der Waals surface area contributed by atoms with Gasteiger partial charge in [0.25, 0.3) is 0 Å². The number of Topliss-reactive ketones (excluding diaryl/α,β-unsaturated/α-hetero) is 1. The van der Waals surface area contributed by atoms with Crippen LogP contribution < -0.4 is 0 Å². The first kappa shape index (κ1) is 15.1. The number of esters is 1. The molecule has 0 radical (unpaired) electrons. The number of ether oxygens (including phenoxy) is 3. The average molecular weight is 332 g/mol. The second-order valence-electron chi connectivity index (χ2n) is 8.51. The largest absolute Gasteiger partial charge is 0.458 e. The number of carbonyl (C=O) groups excluding carboxylic acids is 2. The summed E-state index contributed by atoms with van der Waals surface area (Å²) in [5, 5.41) is 0.